The van der Waals surface area contributed by atoms with Gasteiger partial charge in [-0.05, 0) is 25.0 Å². The molecule has 0 unspecified atom stereocenters. The van der Waals surface area contributed by atoms with E-state index in [-0.39, 0.29) is 12.2 Å². The second kappa shape index (κ2) is 6.37. The number of rotatable bonds is 5. The van der Waals surface area contributed by atoms with Gasteiger partial charge in [0.15, 0.2) is 0 Å². The summed E-state index contributed by atoms with van der Waals surface area (Å²) in [5, 5.41) is 9.27. The Hall–Kier alpha value is -1.72. The maximum absolute atomic E-state index is 12.1. The lowest BCUT2D eigenvalue weighted by molar-refractivity contribution is 0.143. The van der Waals surface area contributed by atoms with Crippen molar-refractivity contribution in [1.82, 2.24) is 14.3 Å². The Morgan fingerprint density at radius 3 is 2.90 bits per heavy atom. The Bertz CT molecular complexity index is 662. The molecule has 3 rings (SSSR count). The van der Waals surface area contributed by atoms with E-state index in [4.69, 9.17) is 0 Å². The molecule has 1 aliphatic carbocycles. The number of hydrogen-bond donors (Lipinski definition) is 1. The fourth-order valence-electron chi connectivity index (χ4n) is 3.18. The van der Waals surface area contributed by atoms with Crippen LogP contribution in [0, 0.1) is 0 Å². The lowest BCUT2D eigenvalue weighted by Crippen LogP contribution is -2.35. The summed E-state index contributed by atoms with van der Waals surface area (Å²) in [4.78, 5) is 18.9. The molecule has 0 aliphatic heterocycles. The number of fused-ring (bicyclic) bond motifs is 1. The van der Waals surface area contributed by atoms with Gasteiger partial charge in [0, 0.05) is 31.4 Å². The Morgan fingerprint density at radius 1 is 1.33 bits per heavy atom. The van der Waals surface area contributed by atoms with Gasteiger partial charge in [0.1, 0.15) is 5.65 Å². The van der Waals surface area contributed by atoms with Gasteiger partial charge in [0.25, 0.3) is 5.56 Å². The van der Waals surface area contributed by atoms with E-state index in [1.54, 1.807) is 16.7 Å². The molecule has 1 saturated carbocycles. The van der Waals surface area contributed by atoms with Crippen LogP contribution in [0.2, 0.25) is 0 Å². The Labute approximate surface area is 123 Å². The van der Waals surface area contributed by atoms with E-state index in [0.29, 0.717) is 24.8 Å². The number of aliphatic hydroxyl groups excluding tert-OH is 1. The smallest absolute Gasteiger partial charge is 0.258 e. The lowest BCUT2D eigenvalue weighted by Gasteiger charge is -2.27. The highest BCUT2D eigenvalue weighted by atomic mass is 16.3. The van der Waals surface area contributed by atoms with E-state index in [2.05, 4.69) is 9.88 Å². The number of pyridine rings is 1. The summed E-state index contributed by atoms with van der Waals surface area (Å²) in [6, 6.07) is 7.66. The van der Waals surface area contributed by atoms with E-state index in [1.807, 2.05) is 18.2 Å². The van der Waals surface area contributed by atoms with Gasteiger partial charge in [0.2, 0.25) is 0 Å². The molecule has 0 atom stereocenters. The van der Waals surface area contributed by atoms with Gasteiger partial charge in [-0.15, -0.1) is 0 Å². The summed E-state index contributed by atoms with van der Waals surface area (Å²) in [5.41, 5.74) is 1.41. The van der Waals surface area contributed by atoms with E-state index in [1.165, 1.54) is 25.7 Å². The van der Waals surface area contributed by atoms with Crippen molar-refractivity contribution >= 4 is 5.65 Å². The number of hydrogen-bond acceptors (Lipinski definition) is 4. The molecule has 0 spiro atoms. The monoisotopic (exact) mass is 287 g/mol. The fraction of sp³-hybridized carbons (Fsp3) is 0.500. The summed E-state index contributed by atoms with van der Waals surface area (Å²) in [6.07, 6.45) is 6.58. The summed E-state index contributed by atoms with van der Waals surface area (Å²) in [5.74, 6) is 0. The second-order valence-corrected chi connectivity index (χ2v) is 5.65. The minimum atomic E-state index is -0.0500. The van der Waals surface area contributed by atoms with Crippen LogP contribution in [0.1, 0.15) is 31.4 Å². The predicted molar refractivity (Wildman–Crippen MR) is 81.2 cm³/mol. The van der Waals surface area contributed by atoms with Crippen LogP contribution < -0.4 is 5.56 Å². The van der Waals surface area contributed by atoms with Gasteiger partial charge in [-0.1, -0.05) is 18.9 Å². The third-order valence-electron chi connectivity index (χ3n) is 4.22. The zero-order valence-electron chi connectivity index (χ0n) is 12.1. The van der Waals surface area contributed by atoms with Crippen LogP contribution in [0.15, 0.2) is 35.3 Å². The molecule has 1 aliphatic rings. The molecule has 112 valence electrons. The standard InChI is InChI=1S/C16H21N3O2/c20-10-9-18(14-5-1-2-6-14)12-13-11-16(21)19-8-4-3-7-15(19)17-13/h3-4,7-8,11,14,20H,1-2,5-6,9-10,12H2. The minimum absolute atomic E-state index is 0.0500. The van der Waals surface area contributed by atoms with Crippen molar-refractivity contribution in [1.29, 1.82) is 0 Å². The van der Waals surface area contributed by atoms with Gasteiger partial charge in [-0.25, -0.2) is 4.98 Å². The molecule has 1 N–H and O–H groups in total. The molecular weight excluding hydrogens is 266 g/mol. The van der Waals surface area contributed by atoms with E-state index >= 15 is 0 Å². The lowest BCUT2D eigenvalue weighted by atomic mass is 10.2. The number of aliphatic hydroxyl groups is 1. The largest absolute Gasteiger partial charge is 0.395 e. The molecule has 0 radical (unpaired) electrons. The van der Waals surface area contributed by atoms with Gasteiger partial charge in [-0.2, -0.15) is 0 Å². The molecule has 21 heavy (non-hydrogen) atoms. The van der Waals surface area contributed by atoms with Crippen LogP contribution in [0.5, 0.6) is 0 Å². The second-order valence-electron chi connectivity index (χ2n) is 5.65. The molecule has 0 bridgehead atoms. The third kappa shape index (κ3) is 3.14. The van der Waals surface area contributed by atoms with Crippen molar-refractivity contribution in [3.63, 3.8) is 0 Å². The van der Waals surface area contributed by atoms with Crippen molar-refractivity contribution < 1.29 is 5.11 Å². The first-order chi connectivity index (χ1) is 10.3. The molecule has 2 aromatic heterocycles. The maximum Gasteiger partial charge on any atom is 0.258 e. The Kier molecular flexibility index (Phi) is 4.31. The van der Waals surface area contributed by atoms with Crippen molar-refractivity contribution in [3.05, 3.63) is 46.5 Å². The summed E-state index contributed by atoms with van der Waals surface area (Å²) < 4.78 is 1.55. The fourth-order valence-corrected chi connectivity index (χ4v) is 3.18. The Balaban J connectivity index is 1.86. The highest BCUT2D eigenvalue weighted by Crippen LogP contribution is 2.24. The molecule has 0 amide bonds. The average Bonchev–Trinajstić information content (AvgIpc) is 3.01. The number of nitrogens with zero attached hydrogens (tertiary/aromatic N) is 3. The molecule has 2 heterocycles. The predicted octanol–water partition coefficient (Wildman–Crippen LogP) is 1.43. The van der Waals surface area contributed by atoms with Gasteiger partial charge in [0.05, 0.1) is 12.3 Å². The molecule has 2 aromatic rings. The maximum atomic E-state index is 12.1. The molecule has 5 nitrogen and oxygen atoms in total. The van der Waals surface area contributed by atoms with Crippen LogP contribution in [0.4, 0.5) is 0 Å². The first-order valence-electron chi connectivity index (χ1n) is 7.60. The summed E-state index contributed by atoms with van der Waals surface area (Å²) in [7, 11) is 0. The van der Waals surface area contributed by atoms with Crippen LogP contribution in [-0.4, -0.2) is 38.6 Å². The molecular formula is C16H21N3O2. The number of aromatic nitrogens is 2. The van der Waals surface area contributed by atoms with Crippen LogP contribution in [-0.2, 0) is 6.54 Å². The van der Waals surface area contributed by atoms with Gasteiger partial charge < -0.3 is 5.11 Å². The highest BCUT2D eigenvalue weighted by molar-refractivity contribution is 5.37. The van der Waals surface area contributed by atoms with Crippen molar-refractivity contribution in [3.8, 4) is 0 Å². The average molecular weight is 287 g/mol. The van der Waals surface area contributed by atoms with Crippen LogP contribution >= 0.6 is 0 Å². The molecule has 0 saturated heterocycles. The molecule has 0 aromatic carbocycles. The quantitative estimate of drug-likeness (QED) is 0.904. The van der Waals surface area contributed by atoms with Crippen LogP contribution in [0.25, 0.3) is 5.65 Å². The van der Waals surface area contributed by atoms with E-state index in [0.717, 1.165) is 5.69 Å². The zero-order valence-corrected chi connectivity index (χ0v) is 12.1. The van der Waals surface area contributed by atoms with Gasteiger partial charge >= 0.3 is 0 Å². The molecule has 5 heteroatoms. The highest BCUT2D eigenvalue weighted by Gasteiger charge is 2.22. The third-order valence-corrected chi connectivity index (χ3v) is 4.22. The minimum Gasteiger partial charge on any atom is -0.395 e. The van der Waals surface area contributed by atoms with E-state index < -0.39 is 0 Å². The summed E-state index contributed by atoms with van der Waals surface area (Å²) >= 11 is 0. The first-order valence-corrected chi connectivity index (χ1v) is 7.60. The topological polar surface area (TPSA) is 57.8 Å². The van der Waals surface area contributed by atoms with Crippen molar-refractivity contribution in [2.24, 2.45) is 0 Å². The Morgan fingerprint density at radius 2 is 2.14 bits per heavy atom. The first kappa shape index (κ1) is 14.2. The van der Waals surface area contributed by atoms with Gasteiger partial charge in [-0.3, -0.25) is 14.1 Å². The van der Waals surface area contributed by atoms with Crippen molar-refractivity contribution in [2.75, 3.05) is 13.2 Å². The zero-order chi connectivity index (χ0) is 14.7. The van der Waals surface area contributed by atoms with Crippen molar-refractivity contribution in [2.45, 2.75) is 38.3 Å². The van der Waals surface area contributed by atoms with Crippen LogP contribution in [0.3, 0.4) is 0 Å². The normalized spacial score (nSPS) is 16.1. The summed E-state index contributed by atoms with van der Waals surface area (Å²) in [6.45, 7) is 1.41. The SMILES string of the molecule is O=c1cc(CN(CCO)C2CCCC2)nc2ccccn12. The van der Waals surface area contributed by atoms with E-state index in [9.17, 15) is 9.90 Å². The molecule has 1 fully saturated rings.